The molecule has 0 aromatic heterocycles. The summed E-state index contributed by atoms with van der Waals surface area (Å²) in [6.45, 7) is 3.18. The summed E-state index contributed by atoms with van der Waals surface area (Å²) in [5.74, 6) is 2.10. The van der Waals surface area contributed by atoms with Crippen molar-refractivity contribution in [3.63, 3.8) is 0 Å². The minimum Gasteiger partial charge on any atom is -0.389 e. The van der Waals surface area contributed by atoms with Gasteiger partial charge in [-0.2, -0.15) is 0 Å². The first-order valence-corrected chi connectivity index (χ1v) is 2.92. The van der Waals surface area contributed by atoms with Crippen LogP contribution in [0.4, 0.5) is 0 Å². The van der Waals surface area contributed by atoms with E-state index >= 15 is 0 Å². The van der Waals surface area contributed by atoms with Gasteiger partial charge in [0.1, 0.15) is 5.60 Å². The Morgan fingerprint density at radius 1 is 1.78 bits per heavy atom. The standard InChI is InChI=1S/C7H12O2/c1-4-6(8)7(3,9)5-2/h2,6,8-9H,4H2,1,3H3/t6-,7-/m0/s1. The second-order valence-corrected chi connectivity index (χ2v) is 2.22. The zero-order valence-electron chi connectivity index (χ0n) is 5.76. The molecule has 0 saturated carbocycles. The average molecular weight is 128 g/mol. The Balaban J connectivity index is 4.01. The third kappa shape index (κ3) is 2.05. The van der Waals surface area contributed by atoms with Gasteiger partial charge < -0.3 is 10.2 Å². The van der Waals surface area contributed by atoms with Crippen LogP contribution in [0, 0.1) is 12.3 Å². The molecule has 0 radical (unpaired) electrons. The largest absolute Gasteiger partial charge is 0.389 e. The van der Waals surface area contributed by atoms with Gasteiger partial charge in [-0.05, 0) is 13.3 Å². The zero-order valence-corrected chi connectivity index (χ0v) is 5.76. The molecule has 0 spiro atoms. The van der Waals surface area contributed by atoms with Gasteiger partial charge in [0.15, 0.2) is 0 Å². The number of terminal acetylenes is 1. The maximum Gasteiger partial charge on any atom is 0.148 e. The maximum atomic E-state index is 9.11. The zero-order chi connectivity index (χ0) is 7.49. The predicted octanol–water partition coefficient (Wildman–Crippen LogP) is 0.141. The van der Waals surface area contributed by atoms with Crippen molar-refractivity contribution in [3.05, 3.63) is 0 Å². The Hall–Kier alpha value is -0.520. The first-order chi connectivity index (χ1) is 4.04. The molecule has 2 atom stereocenters. The molecule has 2 N–H and O–H groups in total. The van der Waals surface area contributed by atoms with Crippen molar-refractivity contribution in [1.29, 1.82) is 0 Å². The Kier molecular flexibility index (Phi) is 2.69. The summed E-state index contributed by atoms with van der Waals surface area (Å²) < 4.78 is 0. The molecule has 2 heteroatoms. The third-order valence-electron chi connectivity index (χ3n) is 1.33. The quantitative estimate of drug-likeness (QED) is 0.519. The SMILES string of the molecule is C#C[C@](C)(O)[C@@H](O)CC. The van der Waals surface area contributed by atoms with Crippen molar-refractivity contribution in [2.24, 2.45) is 0 Å². The van der Waals surface area contributed by atoms with Gasteiger partial charge in [-0.3, -0.25) is 0 Å². The van der Waals surface area contributed by atoms with Crippen LogP contribution in [0.5, 0.6) is 0 Å². The average Bonchev–Trinajstić information content (AvgIpc) is 1.86. The molecule has 0 aliphatic heterocycles. The molecular weight excluding hydrogens is 116 g/mol. The number of hydrogen-bond acceptors (Lipinski definition) is 2. The van der Waals surface area contributed by atoms with Gasteiger partial charge in [-0.25, -0.2) is 0 Å². The summed E-state index contributed by atoms with van der Waals surface area (Å²) in [5, 5.41) is 18.1. The van der Waals surface area contributed by atoms with E-state index in [1.54, 1.807) is 6.92 Å². The van der Waals surface area contributed by atoms with Gasteiger partial charge >= 0.3 is 0 Å². The van der Waals surface area contributed by atoms with Crippen LogP contribution in [0.1, 0.15) is 20.3 Å². The normalized spacial score (nSPS) is 19.9. The molecule has 9 heavy (non-hydrogen) atoms. The van der Waals surface area contributed by atoms with Crippen molar-refractivity contribution in [2.45, 2.75) is 32.0 Å². The monoisotopic (exact) mass is 128 g/mol. The van der Waals surface area contributed by atoms with Crippen LogP contribution >= 0.6 is 0 Å². The lowest BCUT2D eigenvalue weighted by Gasteiger charge is -2.21. The summed E-state index contributed by atoms with van der Waals surface area (Å²) in [6, 6.07) is 0. The van der Waals surface area contributed by atoms with Gasteiger partial charge in [-0.1, -0.05) is 12.8 Å². The van der Waals surface area contributed by atoms with Crippen LogP contribution in [-0.4, -0.2) is 21.9 Å². The fraction of sp³-hybridized carbons (Fsp3) is 0.714. The van der Waals surface area contributed by atoms with Crippen LogP contribution < -0.4 is 0 Å². The smallest absolute Gasteiger partial charge is 0.148 e. The van der Waals surface area contributed by atoms with Crippen molar-refractivity contribution in [2.75, 3.05) is 0 Å². The number of rotatable bonds is 2. The highest BCUT2D eigenvalue weighted by molar-refractivity contribution is 5.07. The van der Waals surface area contributed by atoms with Gasteiger partial charge in [-0.15, -0.1) is 6.42 Å². The highest BCUT2D eigenvalue weighted by Crippen LogP contribution is 2.10. The van der Waals surface area contributed by atoms with Crippen molar-refractivity contribution in [1.82, 2.24) is 0 Å². The summed E-state index contributed by atoms with van der Waals surface area (Å²) in [4.78, 5) is 0. The number of hydrogen-bond donors (Lipinski definition) is 2. The maximum absolute atomic E-state index is 9.11. The Morgan fingerprint density at radius 3 is 2.33 bits per heavy atom. The third-order valence-corrected chi connectivity index (χ3v) is 1.33. The Labute approximate surface area is 55.5 Å². The van der Waals surface area contributed by atoms with Gasteiger partial charge in [0.2, 0.25) is 0 Å². The molecule has 52 valence electrons. The van der Waals surface area contributed by atoms with Crippen LogP contribution in [0.2, 0.25) is 0 Å². The van der Waals surface area contributed by atoms with Crippen LogP contribution in [0.15, 0.2) is 0 Å². The van der Waals surface area contributed by atoms with Crippen LogP contribution in [-0.2, 0) is 0 Å². The molecule has 0 fully saturated rings. The highest BCUT2D eigenvalue weighted by atomic mass is 16.3. The van der Waals surface area contributed by atoms with E-state index in [4.69, 9.17) is 16.6 Å². The first kappa shape index (κ1) is 8.48. The minimum absolute atomic E-state index is 0.469. The fourth-order valence-corrected chi connectivity index (χ4v) is 0.494. The fourth-order valence-electron chi connectivity index (χ4n) is 0.494. The van der Waals surface area contributed by atoms with E-state index in [9.17, 15) is 0 Å². The molecule has 0 aromatic rings. The summed E-state index contributed by atoms with van der Waals surface area (Å²) >= 11 is 0. The predicted molar refractivity (Wildman–Crippen MR) is 35.8 cm³/mol. The van der Waals surface area contributed by atoms with Gasteiger partial charge in [0.25, 0.3) is 0 Å². The number of aliphatic hydroxyl groups is 2. The van der Waals surface area contributed by atoms with E-state index in [1.165, 1.54) is 6.92 Å². The second kappa shape index (κ2) is 2.86. The molecule has 0 aliphatic rings. The summed E-state index contributed by atoms with van der Waals surface area (Å²) in [6.07, 6.45) is 4.58. The first-order valence-electron chi connectivity index (χ1n) is 2.92. The molecule has 0 bridgehead atoms. The molecule has 0 aliphatic carbocycles. The summed E-state index contributed by atoms with van der Waals surface area (Å²) in [7, 11) is 0. The molecule has 0 rings (SSSR count). The van der Waals surface area contributed by atoms with Crippen LogP contribution in [0.25, 0.3) is 0 Å². The van der Waals surface area contributed by atoms with Crippen molar-refractivity contribution >= 4 is 0 Å². The van der Waals surface area contributed by atoms with E-state index in [0.717, 1.165) is 0 Å². The summed E-state index contributed by atoms with van der Waals surface area (Å²) in [5.41, 5.74) is -1.37. The molecule has 0 heterocycles. The molecule has 0 unspecified atom stereocenters. The lowest BCUT2D eigenvalue weighted by atomic mass is 9.99. The lowest BCUT2D eigenvalue weighted by Crippen LogP contribution is -2.36. The minimum atomic E-state index is -1.37. The van der Waals surface area contributed by atoms with E-state index < -0.39 is 11.7 Å². The molecule has 0 amide bonds. The van der Waals surface area contributed by atoms with E-state index in [2.05, 4.69) is 5.92 Å². The molecule has 0 saturated heterocycles. The Bertz CT molecular complexity index is 121. The second-order valence-electron chi connectivity index (χ2n) is 2.22. The van der Waals surface area contributed by atoms with E-state index in [1.807, 2.05) is 0 Å². The topological polar surface area (TPSA) is 40.5 Å². The van der Waals surface area contributed by atoms with E-state index in [-0.39, 0.29) is 0 Å². The lowest BCUT2D eigenvalue weighted by molar-refractivity contribution is -0.0202. The Morgan fingerprint density at radius 2 is 2.22 bits per heavy atom. The van der Waals surface area contributed by atoms with E-state index in [0.29, 0.717) is 6.42 Å². The van der Waals surface area contributed by atoms with Crippen molar-refractivity contribution in [3.8, 4) is 12.3 Å². The molecular formula is C7H12O2. The highest BCUT2D eigenvalue weighted by Gasteiger charge is 2.25. The number of aliphatic hydroxyl groups excluding tert-OH is 1. The van der Waals surface area contributed by atoms with Crippen LogP contribution in [0.3, 0.4) is 0 Å². The van der Waals surface area contributed by atoms with Crippen molar-refractivity contribution < 1.29 is 10.2 Å². The molecule has 2 nitrogen and oxygen atoms in total. The molecule has 0 aromatic carbocycles. The van der Waals surface area contributed by atoms with Gasteiger partial charge in [0.05, 0.1) is 6.10 Å². The van der Waals surface area contributed by atoms with Gasteiger partial charge in [0, 0.05) is 0 Å².